The van der Waals surface area contributed by atoms with E-state index >= 15 is 0 Å². The van der Waals surface area contributed by atoms with Gasteiger partial charge in [0.25, 0.3) is 0 Å². The molecule has 1 aromatic carbocycles. The monoisotopic (exact) mass is 225 g/mol. The lowest BCUT2D eigenvalue weighted by Crippen LogP contribution is -2.12. The number of rotatable bonds is 3. The summed E-state index contributed by atoms with van der Waals surface area (Å²) in [5.74, 6) is -1.02. The van der Waals surface area contributed by atoms with E-state index in [1.807, 2.05) is 13.8 Å². The third-order valence-electron chi connectivity index (χ3n) is 2.04. The Labute approximate surface area is 94.4 Å². The van der Waals surface area contributed by atoms with E-state index < -0.39 is 11.8 Å². The van der Waals surface area contributed by atoms with E-state index in [2.05, 4.69) is 0 Å². The molecule has 0 bridgehead atoms. The first-order chi connectivity index (χ1) is 7.41. The van der Waals surface area contributed by atoms with Crippen LogP contribution in [0.2, 0.25) is 0 Å². The maximum absolute atomic E-state index is 13.6. The molecule has 0 atom stereocenters. The number of carbonyl (C=O) groups is 1. The van der Waals surface area contributed by atoms with Crippen LogP contribution in [0.5, 0.6) is 0 Å². The van der Waals surface area contributed by atoms with Crippen LogP contribution in [0.25, 0.3) is 0 Å². The van der Waals surface area contributed by atoms with Gasteiger partial charge in [0, 0.05) is 5.69 Å². The average molecular weight is 225 g/mol. The van der Waals surface area contributed by atoms with Crippen LogP contribution in [0.1, 0.15) is 29.8 Å². The van der Waals surface area contributed by atoms with Gasteiger partial charge in [0.15, 0.2) is 0 Å². The van der Waals surface area contributed by atoms with Crippen molar-refractivity contribution in [3.05, 3.63) is 29.1 Å². The van der Waals surface area contributed by atoms with Crippen LogP contribution in [-0.2, 0) is 4.74 Å². The van der Waals surface area contributed by atoms with E-state index in [1.54, 1.807) is 6.92 Å². The highest BCUT2D eigenvalue weighted by Gasteiger charge is 2.16. The van der Waals surface area contributed by atoms with Gasteiger partial charge in [-0.25, -0.2) is 9.18 Å². The lowest BCUT2D eigenvalue weighted by atomic mass is 10.1. The third kappa shape index (κ3) is 2.95. The molecule has 1 aromatic rings. The summed E-state index contributed by atoms with van der Waals surface area (Å²) in [5.41, 5.74) is 6.15. The molecule has 3 nitrogen and oxygen atoms in total. The van der Waals surface area contributed by atoms with Gasteiger partial charge < -0.3 is 10.5 Å². The van der Waals surface area contributed by atoms with E-state index in [4.69, 9.17) is 10.5 Å². The van der Waals surface area contributed by atoms with E-state index in [-0.39, 0.29) is 18.1 Å². The highest BCUT2D eigenvalue weighted by molar-refractivity contribution is 5.91. The van der Waals surface area contributed by atoms with Gasteiger partial charge in [0.2, 0.25) is 0 Å². The van der Waals surface area contributed by atoms with Crippen LogP contribution in [0, 0.1) is 18.7 Å². The smallest absolute Gasteiger partial charge is 0.341 e. The summed E-state index contributed by atoms with van der Waals surface area (Å²) in [5, 5.41) is 0. The Morgan fingerprint density at radius 2 is 2.12 bits per heavy atom. The van der Waals surface area contributed by atoms with E-state index in [1.165, 1.54) is 12.1 Å². The molecular formula is C12H16FNO2. The standard InChI is InChI=1S/C12H16FNO2/c1-7(2)6-16-12(15)10-5-9(14)4-8(3)11(10)13/h4-5,7H,6,14H2,1-3H3. The minimum Gasteiger partial charge on any atom is -0.462 e. The van der Waals surface area contributed by atoms with Crippen LogP contribution in [0.15, 0.2) is 12.1 Å². The quantitative estimate of drug-likeness (QED) is 0.635. The number of nitrogens with two attached hydrogens (primary N) is 1. The predicted molar refractivity (Wildman–Crippen MR) is 60.7 cm³/mol. The van der Waals surface area contributed by atoms with Gasteiger partial charge in [-0.2, -0.15) is 0 Å². The number of anilines is 1. The number of carbonyl (C=O) groups excluding carboxylic acids is 1. The van der Waals surface area contributed by atoms with Gasteiger partial charge in [-0.3, -0.25) is 0 Å². The van der Waals surface area contributed by atoms with Gasteiger partial charge in [0.05, 0.1) is 12.2 Å². The highest BCUT2D eigenvalue weighted by atomic mass is 19.1. The van der Waals surface area contributed by atoms with Crippen molar-refractivity contribution in [3.63, 3.8) is 0 Å². The number of benzene rings is 1. The van der Waals surface area contributed by atoms with Gasteiger partial charge in [-0.05, 0) is 30.5 Å². The molecule has 16 heavy (non-hydrogen) atoms. The highest BCUT2D eigenvalue weighted by Crippen LogP contribution is 2.18. The first-order valence-corrected chi connectivity index (χ1v) is 5.14. The molecule has 0 unspecified atom stereocenters. The van der Waals surface area contributed by atoms with Crippen LogP contribution >= 0.6 is 0 Å². The first kappa shape index (κ1) is 12.5. The minimum atomic E-state index is -0.665. The number of hydrogen-bond donors (Lipinski definition) is 1. The van der Waals surface area contributed by atoms with Gasteiger partial charge >= 0.3 is 5.97 Å². The van der Waals surface area contributed by atoms with Crippen molar-refractivity contribution in [1.82, 2.24) is 0 Å². The van der Waals surface area contributed by atoms with Crippen molar-refractivity contribution in [2.24, 2.45) is 5.92 Å². The molecule has 0 radical (unpaired) electrons. The second-order valence-electron chi connectivity index (χ2n) is 4.19. The molecular weight excluding hydrogens is 209 g/mol. The molecule has 0 fully saturated rings. The zero-order chi connectivity index (χ0) is 12.3. The second kappa shape index (κ2) is 4.96. The second-order valence-corrected chi connectivity index (χ2v) is 4.19. The fourth-order valence-corrected chi connectivity index (χ4v) is 1.27. The average Bonchev–Trinajstić information content (AvgIpc) is 2.19. The molecule has 0 aliphatic carbocycles. The van der Waals surface area contributed by atoms with Crippen molar-refractivity contribution in [2.45, 2.75) is 20.8 Å². The van der Waals surface area contributed by atoms with E-state index in [0.717, 1.165) is 0 Å². The lowest BCUT2D eigenvalue weighted by Gasteiger charge is -2.09. The minimum absolute atomic E-state index is 0.0989. The normalized spacial score (nSPS) is 10.6. The number of hydrogen-bond acceptors (Lipinski definition) is 3. The van der Waals surface area contributed by atoms with Gasteiger partial charge in [0.1, 0.15) is 5.82 Å². The molecule has 88 valence electrons. The largest absolute Gasteiger partial charge is 0.462 e. The fourth-order valence-electron chi connectivity index (χ4n) is 1.27. The number of ether oxygens (including phenoxy) is 1. The van der Waals surface area contributed by atoms with Crippen molar-refractivity contribution in [1.29, 1.82) is 0 Å². The topological polar surface area (TPSA) is 52.3 Å². The molecule has 0 aromatic heterocycles. The Hall–Kier alpha value is -1.58. The summed E-state index contributed by atoms with van der Waals surface area (Å²) in [6.45, 7) is 5.65. The molecule has 2 N–H and O–H groups in total. The number of halogens is 1. The fraction of sp³-hybridized carbons (Fsp3) is 0.417. The molecule has 4 heteroatoms. The molecule has 0 spiro atoms. The van der Waals surface area contributed by atoms with Crippen LogP contribution in [0.3, 0.4) is 0 Å². The van der Waals surface area contributed by atoms with Crippen molar-refractivity contribution < 1.29 is 13.9 Å². The summed E-state index contributed by atoms with van der Waals surface area (Å²) in [7, 11) is 0. The molecule has 0 amide bonds. The summed E-state index contributed by atoms with van der Waals surface area (Å²) in [4.78, 5) is 11.6. The lowest BCUT2D eigenvalue weighted by molar-refractivity contribution is 0.0453. The summed E-state index contributed by atoms with van der Waals surface area (Å²) < 4.78 is 18.5. The molecule has 0 heterocycles. The molecule has 0 aliphatic rings. The maximum Gasteiger partial charge on any atom is 0.341 e. The zero-order valence-corrected chi connectivity index (χ0v) is 9.71. The molecule has 1 rings (SSSR count). The van der Waals surface area contributed by atoms with E-state index in [0.29, 0.717) is 11.3 Å². The van der Waals surface area contributed by atoms with Crippen LogP contribution in [-0.4, -0.2) is 12.6 Å². The maximum atomic E-state index is 13.6. The number of nitrogen functional groups attached to an aromatic ring is 1. The first-order valence-electron chi connectivity index (χ1n) is 5.14. The van der Waals surface area contributed by atoms with Gasteiger partial charge in [-0.15, -0.1) is 0 Å². The predicted octanol–water partition coefficient (Wildman–Crippen LogP) is 2.53. The summed E-state index contributed by atoms with van der Waals surface area (Å²) in [6.07, 6.45) is 0. The van der Waals surface area contributed by atoms with Crippen molar-refractivity contribution in [2.75, 3.05) is 12.3 Å². The zero-order valence-electron chi connectivity index (χ0n) is 9.71. The Morgan fingerprint density at radius 3 is 2.69 bits per heavy atom. The SMILES string of the molecule is Cc1cc(N)cc(C(=O)OCC(C)C)c1F. The van der Waals surface area contributed by atoms with Gasteiger partial charge in [-0.1, -0.05) is 13.8 Å². The number of aryl methyl sites for hydroxylation is 1. The summed E-state index contributed by atoms with van der Waals surface area (Å²) >= 11 is 0. The molecule has 0 saturated heterocycles. The Kier molecular flexibility index (Phi) is 3.88. The Balaban J connectivity index is 2.91. The van der Waals surface area contributed by atoms with Crippen LogP contribution < -0.4 is 5.73 Å². The Morgan fingerprint density at radius 1 is 1.50 bits per heavy atom. The van der Waals surface area contributed by atoms with E-state index in [9.17, 15) is 9.18 Å². The summed E-state index contributed by atoms with van der Waals surface area (Å²) in [6, 6.07) is 2.78. The van der Waals surface area contributed by atoms with Crippen molar-refractivity contribution in [3.8, 4) is 0 Å². The third-order valence-corrected chi connectivity index (χ3v) is 2.04. The Bertz CT molecular complexity index is 402. The molecule has 0 saturated carbocycles. The molecule has 0 aliphatic heterocycles. The van der Waals surface area contributed by atoms with Crippen molar-refractivity contribution >= 4 is 11.7 Å². The number of esters is 1. The van der Waals surface area contributed by atoms with Crippen LogP contribution in [0.4, 0.5) is 10.1 Å².